The number of hydrogen-bond acceptors (Lipinski definition) is 4. The maximum atomic E-state index is 13.8. The predicted octanol–water partition coefficient (Wildman–Crippen LogP) is 5.11. The van der Waals surface area contributed by atoms with Crippen molar-refractivity contribution >= 4 is 29.1 Å². The van der Waals surface area contributed by atoms with Gasteiger partial charge in [0.2, 0.25) is 5.95 Å². The largest absolute Gasteiger partial charge is 0.354 e. The van der Waals surface area contributed by atoms with E-state index >= 15 is 0 Å². The number of aromatic nitrogens is 2. The van der Waals surface area contributed by atoms with Crippen molar-refractivity contribution in [2.75, 3.05) is 17.2 Å². The van der Waals surface area contributed by atoms with Gasteiger partial charge in [0, 0.05) is 29.4 Å². The molecule has 0 radical (unpaired) electrons. The zero-order valence-corrected chi connectivity index (χ0v) is 14.8. The van der Waals surface area contributed by atoms with Gasteiger partial charge in [0.15, 0.2) is 0 Å². The number of nitrogens with zero attached hydrogens (tertiary/aromatic N) is 2. The quantitative estimate of drug-likeness (QED) is 0.629. The van der Waals surface area contributed by atoms with E-state index < -0.39 is 11.6 Å². The van der Waals surface area contributed by atoms with Crippen molar-refractivity contribution in [1.82, 2.24) is 9.97 Å². The summed E-state index contributed by atoms with van der Waals surface area (Å²) in [7, 11) is 0. The molecule has 2 aromatic carbocycles. The fourth-order valence-electron chi connectivity index (χ4n) is 2.45. The Kier molecular flexibility index (Phi) is 5.63. The predicted molar refractivity (Wildman–Crippen MR) is 100 cm³/mol. The minimum Gasteiger partial charge on any atom is -0.354 e. The van der Waals surface area contributed by atoms with Crippen molar-refractivity contribution in [3.63, 3.8) is 0 Å². The molecular formula is C19H17ClF2N4. The Labute approximate surface area is 155 Å². The average Bonchev–Trinajstić information content (AvgIpc) is 2.57. The van der Waals surface area contributed by atoms with E-state index in [2.05, 4.69) is 20.6 Å². The molecule has 0 atom stereocenters. The second-order valence-electron chi connectivity index (χ2n) is 5.77. The first kappa shape index (κ1) is 18.1. The third kappa shape index (κ3) is 4.89. The molecule has 3 rings (SSSR count). The molecule has 0 amide bonds. The van der Waals surface area contributed by atoms with Crippen molar-refractivity contribution in [2.24, 2.45) is 0 Å². The fourth-order valence-corrected chi connectivity index (χ4v) is 2.66. The van der Waals surface area contributed by atoms with Gasteiger partial charge in [-0.05, 0) is 43.2 Å². The molecule has 0 aliphatic rings. The Morgan fingerprint density at radius 3 is 2.65 bits per heavy atom. The normalized spacial score (nSPS) is 10.6. The number of nitrogens with one attached hydrogen (secondary N) is 2. The van der Waals surface area contributed by atoms with E-state index in [9.17, 15) is 8.78 Å². The standard InChI is InChI=1S/C19H17ClF2N4/c1-12-9-18(25-17-6-5-15(21)11-16(17)22)26-19(24-12)23-8-7-13-3-2-4-14(20)10-13/h2-6,9-11H,7-8H2,1H3,(H2,23,24,25,26). The highest BCUT2D eigenvalue weighted by Crippen LogP contribution is 2.20. The minimum atomic E-state index is -0.684. The van der Waals surface area contributed by atoms with Crippen molar-refractivity contribution in [1.29, 1.82) is 0 Å². The maximum absolute atomic E-state index is 13.8. The Morgan fingerprint density at radius 1 is 1.04 bits per heavy atom. The summed E-state index contributed by atoms with van der Waals surface area (Å²) in [6, 6.07) is 12.7. The molecule has 26 heavy (non-hydrogen) atoms. The third-order valence-electron chi connectivity index (χ3n) is 3.63. The minimum absolute atomic E-state index is 0.148. The van der Waals surface area contributed by atoms with Crippen LogP contribution in [0.2, 0.25) is 5.02 Å². The van der Waals surface area contributed by atoms with E-state index in [-0.39, 0.29) is 5.69 Å². The van der Waals surface area contributed by atoms with Crippen LogP contribution in [0.3, 0.4) is 0 Å². The van der Waals surface area contributed by atoms with Gasteiger partial charge in [0.1, 0.15) is 17.5 Å². The van der Waals surface area contributed by atoms with Crippen LogP contribution in [-0.2, 0) is 6.42 Å². The van der Waals surface area contributed by atoms with E-state index in [1.54, 1.807) is 6.07 Å². The van der Waals surface area contributed by atoms with E-state index in [0.717, 1.165) is 23.7 Å². The molecule has 1 heterocycles. The summed E-state index contributed by atoms with van der Waals surface area (Å²) >= 11 is 5.97. The van der Waals surface area contributed by atoms with Gasteiger partial charge in [0.05, 0.1) is 5.69 Å². The zero-order valence-electron chi connectivity index (χ0n) is 14.1. The molecule has 0 aliphatic heterocycles. The number of hydrogen-bond donors (Lipinski definition) is 2. The van der Waals surface area contributed by atoms with Crippen LogP contribution < -0.4 is 10.6 Å². The summed E-state index contributed by atoms with van der Waals surface area (Å²) in [6.07, 6.45) is 0.757. The van der Waals surface area contributed by atoms with Gasteiger partial charge in [0.25, 0.3) is 0 Å². The summed E-state index contributed by atoms with van der Waals surface area (Å²) in [4.78, 5) is 8.64. The highest BCUT2D eigenvalue weighted by Gasteiger charge is 2.07. The smallest absolute Gasteiger partial charge is 0.224 e. The molecule has 0 aliphatic carbocycles. The van der Waals surface area contributed by atoms with Gasteiger partial charge < -0.3 is 10.6 Å². The molecule has 0 spiro atoms. The van der Waals surface area contributed by atoms with Crippen molar-refractivity contribution in [2.45, 2.75) is 13.3 Å². The Balaban J connectivity index is 1.67. The van der Waals surface area contributed by atoms with Gasteiger partial charge in [-0.25, -0.2) is 13.8 Å². The summed E-state index contributed by atoms with van der Waals surface area (Å²) in [5, 5.41) is 6.69. The van der Waals surface area contributed by atoms with Gasteiger partial charge in [-0.15, -0.1) is 0 Å². The summed E-state index contributed by atoms with van der Waals surface area (Å²) in [6.45, 7) is 2.43. The van der Waals surface area contributed by atoms with Gasteiger partial charge in [-0.2, -0.15) is 4.98 Å². The number of halogens is 3. The van der Waals surface area contributed by atoms with Crippen LogP contribution in [0.15, 0.2) is 48.5 Å². The lowest BCUT2D eigenvalue weighted by Crippen LogP contribution is -2.10. The molecule has 3 aromatic rings. The summed E-state index contributed by atoms with van der Waals surface area (Å²) in [5.74, 6) is -0.461. The van der Waals surface area contributed by atoms with E-state index in [0.29, 0.717) is 23.3 Å². The van der Waals surface area contributed by atoms with E-state index in [4.69, 9.17) is 11.6 Å². The highest BCUT2D eigenvalue weighted by atomic mass is 35.5. The molecule has 0 saturated carbocycles. The van der Waals surface area contributed by atoms with Crippen LogP contribution in [0.4, 0.5) is 26.2 Å². The Morgan fingerprint density at radius 2 is 1.88 bits per heavy atom. The molecular weight excluding hydrogens is 358 g/mol. The van der Waals surface area contributed by atoms with Crippen LogP contribution in [0, 0.1) is 18.6 Å². The molecule has 0 fully saturated rings. The van der Waals surface area contributed by atoms with Crippen LogP contribution in [0.5, 0.6) is 0 Å². The molecule has 0 saturated heterocycles. The SMILES string of the molecule is Cc1cc(Nc2ccc(F)cc2F)nc(NCCc2cccc(Cl)c2)n1. The number of benzene rings is 2. The zero-order chi connectivity index (χ0) is 18.5. The maximum Gasteiger partial charge on any atom is 0.224 e. The van der Waals surface area contributed by atoms with Gasteiger partial charge >= 0.3 is 0 Å². The second-order valence-corrected chi connectivity index (χ2v) is 6.21. The highest BCUT2D eigenvalue weighted by molar-refractivity contribution is 6.30. The molecule has 4 nitrogen and oxygen atoms in total. The third-order valence-corrected chi connectivity index (χ3v) is 3.87. The number of anilines is 3. The number of rotatable bonds is 6. The lowest BCUT2D eigenvalue weighted by molar-refractivity contribution is 0.586. The van der Waals surface area contributed by atoms with E-state index in [1.807, 2.05) is 31.2 Å². The Hall–Kier alpha value is -2.73. The first-order valence-electron chi connectivity index (χ1n) is 8.06. The molecule has 7 heteroatoms. The molecule has 0 unspecified atom stereocenters. The Bertz CT molecular complexity index is 918. The summed E-state index contributed by atoms with van der Waals surface area (Å²) < 4.78 is 26.8. The first-order valence-corrected chi connectivity index (χ1v) is 8.43. The molecule has 1 aromatic heterocycles. The topological polar surface area (TPSA) is 49.8 Å². The average molecular weight is 375 g/mol. The lowest BCUT2D eigenvalue weighted by Gasteiger charge is -2.11. The monoisotopic (exact) mass is 374 g/mol. The second kappa shape index (κ2) is 8.10. The van der Waals surface area contributed by atoms with Crippen LogP contribution >= 0.6 is 11.6 Å². The molecule has 0 bridgehead atoms. The molecule has 134 valence electrons. The van der Waals surface area contributed by atoms with Gasteiger partial charge in [-0.3, -0.25) is 0 Å². The number of aryl methyl sites for hydroxylation is 1. The van der Waals surface area contributed by atoms with Crippen LogP contribution in [0.1, 0.15) is 11.3 Å². The fraction of sp³-hybridized carbons (Fsp3) is 0.158. The van der Waals surface area contributed by atoms with Crippen molar-refractivity contribution in [3.05, 3.63) is 76.4 Å². The van der Waals surface area contributed by atoms with Crippen molar-refractivity contribution in [3.8, 4) is 0 Å². The summed E-state index contributed by atoms with van der Waals surface area (Å²) in [5.41, 5.74) is 1.97. The van der Waals surface area contributed by atoms with Crippen LogP contribution in [0.25, 0.3) is 0 Å². The lowest BCUT2D eigenvalue weighted by atomic mass is 10.1. The van der Waals surface area contributed by atoms with E-state index in [1.165, 1.54) is 12.1 Å². The van der Waals surface area contributed by atoms with Gasteiger partial charge in [-0.1, -0.05) is 23.7 Å². The first-order chi connectivity index (χ1) is 12.5. The van der Waals surface area contributed by atoms with Crippen LogP contribution in [-0.4, -0.2) is 16.5 Å². The molecule has 2 N–H and O–H groups in total. The van der Waals surface area contributed by atoms with Crippen molar-refractivity contribution < 1.29 is 8.78 Å².